The Kier molecular flexibility index (Phi) is 5.48. The number of carbonyl (C=O) groups excluding carboxylic acids is 1. The van der Waals surface area contributed by atoms with Gasteiger partial charge in [0.05, 0.1) is 11.3 Å². The van der Waals surface area contributed by atoms with Gasteiger partial charge in [-0.1, -0.05) is 20.3 Å². The van der Waals surface area contributed by atoms with Crippen LogP contribution in [0.5, 0.6) is 5.75 Å². The standard InChI is InChI=1S/C13H17FO2S/c1-3-9(2)7-17-8-13(16)11-6-10(14)4-5-12(11)15/h4-6,9,15H,3,7-8H2,1-2H3. The number of rotatable bonds is 6. The molecule has 0 heterocycles. The van der Waals surface area contributed by atoms with Gasteiger partial charge in [0.15, 0.2) is 5.78 Å². The van der Waals surface area contributed by atoms with E-state index in [9.17, 15) is 14.3 Å². The number of phenolic OH excluding ortho intramolecular Hbond substituents is 1. The van der Waals surface area contributed by atoms with E-state index < -0.39 is 5.82 Å². The minimum Gasteiger partial charge on any atom is -0.507 e. The van der Waals surface area contributed by atoms with Crippen molar-refractivity contribution < 1.29 is 14.3 Å². The molecular formula is C13H17FO2S. The molecule has 1 N–H and O–H groups in total. The van der Waals surface area contributed by atoms with Crippen LogP contribution < -0.4 is 0 Å². The lowest BCUT2D eigenvalue weighted by Crippen LogP contribution is -2.06. The van der Waals surface area contributed by atoms with Crippen molar-refractivity contribution in [2.45, 2.75) is 20.3 Å². The second-order valence-corrected chi connectivity index (χ2v) is 5.14. The van der Waals surface area contributed by atoms with Crippen molar-refractivity contribution in [2.24, 2.45) is 5.92 Å². The molecular weight excluding hydrogens is 239 g/mol. The van der Waals surface area contributed by atoms with Crippen LogP contribution in [0.4, 0.5) is 4.39 Å². The average Bonchev–Trinajstić information content (AvgIpc) is 2.31. The van der Waals surface area contributed by atoms with E-state index in [1.165, 1.54) is 17.8 Å². The predicted octanol–water partition coefficient (Wildman–Crippen LogP) is 3.49. The molecule has 0 bridgehead atoms. The monoisotopic (exact) mass is 256 g/mol. The van der Waals surface area contributed by atoms with E-state index in [0.717, 1.165) is 24.3 Å². The Morgan fingerprint density at radius 1 is 1.53 bits per heavy atom. The molecule has 94 valence electrons. The van der Waals surface area contributed by atoms with Crippen molar-refractivity contribution in [1.82, 2.24) is 0 Å². The van der Waals surface area contributed by atoms with Gasteiger partial charge in [0, 0.05) is 0 Å². The summed E-state index contributed by atoms with van der Waals surface area (Å²) in [5.74, 6) is 0.863. The molecule has 17 heavy (non-hydrogen) atoms. The third-order valence-corrected chi connectivity index (χ3v) is 3.86. The fourth-order valence-electron chi connectivity index (χ4n) is 1.28. The minimum absolute atomic E-state index is 0.0710. The normalized spacial score (nSPS) is 12.4. The van der Waals surface area contributed by atoms with Gasteiger partial charge in [-0.2, -0.15) is 11.8 Å². The number of benzene rings is 1. The molecule has 0 aliphatic heterocycles. The van der Waals surface area contributed by atoms with E-state index in [1.54, 1.807) is 0 Å². The molecule has 0 saturated heterocycles. The molecule has 0 fully saturated rings. The van der Waals surface area contributed by atoms with Crippen LogP contribution >= 0.6 is 11.8 Å². The number of thioether (sulfide) groups is 1. The number of hydrogen-bond donors (Lipinski definition) is 1. The van der Waals surface area contributed by atoms with E-state index in [-0.39, 0.29) is 22.8 Å². The van der Waals surface area contributed by atoms with E-state index in [4.69, 9.17) is 0 Å². The maximum atomic E-state index is 12.9. The summed E-state index contributed by atoms with van der Waals surface area (Å²) in [4.78, 5) is 11.7. The van der Waals surface area contributed by atoms with Crippen LogP contribution in [0.1, 0.15) is 30.6 Å². The molecule has 0 aliphatic rings. The Hall–Kier alpha value is -1.03. The van der Waals surface area contributed by atoms with Crippen molar-refractivity contribution in [1.29, 1.82) is 0 Å². The van der Waals surface area contributed by atoms with Gasteiger partial charge in [0.25, 0.3) is 0 Å². The molecule has 0 radical (unpaired) electrons. The second kappa shape index (κ2) is 6.64. The fraction of sp³-hybridized carbons (Fsp3) is 0.462. The van der Waals surface area contributed by atoms with E-state index in [0.29, 0.717) is 5.92 Å². The van der Waals surface area contributed by atoms with Crippen LogP contribution in [-0.2, 0) is 0 Å². The lowest BCUT2D eigenvalue weighted by Gasteiger charge is -2.07. The van der Waals surface area contributed by atoms with Crippen molar-refractivity contribution in [3.63, 3.8) is 0 Å². The molecule has 1 atom stereocenters. The summed E-state index contributed by atoms with van der Waals surface area (Å²) in [6.45, 7) is 4.22. The van der Waals surface area contributed by atoms with Gasteiger partial charge in [0.1, 0.15) is 11.6 Å². The average molecular weight is 256 g/mol. The number of hydrogen-bond acceptors (Lipinski definition) is 3. The second-order valence-electron chi connectivity index (χ2n) is 4.11. The van der Waals surface area contributed by atoms with Crippen LogP contribution in [-0.4, -0.2) is 22.4 Å². The van der Waals surface area contributed by atoms with Crippen molar-refractivity contribution in [3.8, 4) is 5.75 Å². The van der Waals surface area contributed by atoms with Crippen LogP contribution in [0.3, 0.4) is 0 Å². The largest absolute Gasteiger partial charge is 0.507 e. The predicted molar refractivity (Wildman–Crippen MR) is 69.2 cm³/mol. The maximum Gasteiger partial charge on any atom is 0.176 e. The molecule has 0 saturated carbocycles. The number of ketones is 1. The van der Waals surface area contributed by atoms with Gasteiger partial charge in [-0.3, -0.25) is 4.79 Å². The topological polar surface area (TPSA) is 37.3 Å². The molecule has 1 aromatic rings. The molecule has 1 unspecified atom stereocenters. The first kappa shape index (κ1) is 14.0. The molecule has 0 aromatic heterocycles. The first-order valence-electron chi connectivity index (χ1n) is 5.64. The third kappa shape index (κ3) is 4.38. The van der Waals surface area contributed by atoms with Crippen LogP contribution in [0.2, 0.25) is 0 Å². The van der Waals surface area contributed by atoms with E-state index in [2.05, 4.69) is 13.8 Å². The summed E-state index contributed by atoms with van der Waals surface area (Å²) in [6, 6.07) is 3.43. The van der Waals surface area contributed by atoms with Crippen molar-refractivity contribution in [2.75, 3.05) is 11.5 Å². The van der Waals surface area contributed by atoms with Gasteiger partial charge in [-0.05, 0) is 29.9 Å². The number of phenols is 1. The van der Waals surface area contributed by atoms with Gasteiger partial charge in [0.2, 0.25) is 0 Å². The summed E-state index contributed by atoms with van der Waals surface area (Å²) in [6.07, 6.45) is 1.08. The zero-order valence-electron chi connectivity index (χ0n) is 10.1. The smallest absolute Gasteiger partial charge is 0.176 e. The zero-order chi connectivity index (χ0) is 12.8. The Bertz CT molecular complexity index is 393. The highest BCUT2D eigenvalue weighted by Gasteiger charge is 2.12. The fourth-order valence-corrected chi connectivity index (χ4v) is 2.38. The van der Waals surface area contributed by atoms with Gasteiger partial charge in [-0.25, -0.2) is 4.39 Å². The van der Waals surface area contributed by atoms with Crippen molar-refractivity contribution >= 4 is 17.5 Å². The van der Waals surface area contributed by atoms with E-state index in [1.807, 2.05) is 0 Å². The summed E-state index contributed by atoms with van der Waals surface area (Å²) < 4.78 is 12.9. The summed E-state index contributed by atoms with van der Waals surface area (Å²) in [5.41, 5.74) is 0.0710. The summed E-state index contributed by atoms with van der Waals surface area (Å²) >= 11 is 1.52. The lowest BCUT2D eigenvalue weighted by molar-refractivity contribution is 0.101. The number of carbonyl (C=O) groups is 1. The molecule has 2 nitrogen and oxygen atoms in total. The Morgan fingerprint density at radius 2 is 2.24 bits per heavy atom. The molecule has 0 aliphatic carbocycles. The van der Waals surface area contributed by atoms with Gasteiger partial charge >= 0.3 is 0 Å². The SMILES string of the molecule is CCC(C)CSCC(=O)c1cc(F)ccc1O. The molecule has 1 aromatic carbocycles. The highest BCUT2D eigenvalue weighted by atomic mass is 32.2. The quantitative estimate of drug-likeness (QED) is 0.792. The first-order chi connectivity index (χ1) is 8.04. The number of Topliss-reactive ketones (excluding diaryl/α,β-unsaturated/α-hetero) is 1. The third-order valence-electron chi connectivity index (χ3n) is 2.59. The Balaban J connectivity index is 2.55. The number of halogens is 1. The molecule has 0 amide bonds. The van der Waals surface area contributed by atoms with Crippen LogP contribution in [0.15, 0.2) is 18.2 Å². The Morgan fingerprint density at radius 3 is 2.88 bits per heavy atom. The molecule has 0 spiro atoms. The zero-order valence-corrected chi connectivity index (χ0v) is 10.9. The molecule has 4 heteroatoms. The maximum absolute atomic E-state index is 12.9. The first-order valence-corrected chi connectivity index (χ1v) is 6.79. The Labute approximate surface area is 105 Å². The van der Waals surface area contributed by atoms with Crippen LogP contribution in [0, 0.1) is 11.7 Å². The van der Waals surface area contributed by atoms with Crippen LogP contribution in [0.25, 0.3) is 0 Å². The van der Waals surface area contributed by atoms with Gasteiger partial charge < -0.3 is 5.11 Å². The summed E-state index contributed by atoms with van der Waals surface area (Å²) in [7, 11) is 0. The summed E-state index contributed by atoms with van der Waals surface area (Å²) in [5, 5.41) is 9.46. The lowest BCUT2D eigenvalue weighted by atomic mass is 10.1. The van der Waals surface area contributed by atoms with E-state index >= 15 is 0 Å². The molecule has 1 rings (SSSR count). The van der Waals surface area contributed by atoms with Crippen molar-refractivity contribution in [3.05, 3.63) is 29.6 Å². The number of aromatic hydroxyl groups is 1. The minimum atomic E-state index is -0.502. The van der Waals surface area contributed by atoms with Gasteiger partial charge in [-0.15, -0.1) is 0 Å². The highest BCUT2D eigenvalue weighted by molar-refractivity contribution is 7.99. The highest BCUT2D eigenvalue weighted by Crippen LogP contribution is 2.21.